The van der Waals surface area contributed by atoms with E-state index < -0.39 is 0 Å². The van der Waals surface area contributed by atoms with E-state index in [1.165, 1.54) is 0 Å². The van der Waals surface area contributed by atoms with Crippen molar-refractivity contribution in [3.8, 4) is 0 Å². The van der Waals surface area contributed by atoms with Gasteiger partial charge in [0, 0.05) is 46.0 Å². The summed E-state index contributed by atoms with van der Waals surface area (Å²) < 4.78 is 16.3. The van der Waals surface area contributed by atoms with Crippen LogP contribution in [0.15, 0.2) is 0 Å². The van der Waals surface area contributed by atoms with E-state index in [9.17, 15) is 0 Å². The van der Waals surface area contributed by atoms with Gasteiger partial charge in [-0.05, 0) is 33.1 Å². The van der Waals surface area contributed by atoms with Gasteiger partial charge in [-0.15, -0.1) is 0 Å². The van der Waals surface area contributed by atoms with Crippen molar-refractivity contribution in [1.82, 2.24) is 4.90 Å². The summed E-state index contributed by atoms with van der Waals surface area (Å²) in [6, 6.07) is 0. The molecule has 0 aromatic rings. The third-order valence-corrected chi connectivity index (χ3v) is 4.19. The van der Waals surface area contributed by atoms with Gasteiger partial charge in [-0.3, -0.25) is 4.90 Å². The van der Waals surface area contributed by atoms with Crippen LogP contribution in [0.2, 0.25) is 0 Å². The molecule has 120 valence electrons. The highest BCUT2D eigenvalue weighted by Crippen LogP contribution is 2.33. The van der Waals surface area contributed by atoms with Crippen molar-refractivity contribution in [2.24, 2.45) is 5.73 Å². The molecule has 20 heavy (non-hydrogen) atoms. The van der Waals surface area contributed by atoms with Crippen LogP contribution >= 0.6 is 0 Å². The molecule has 0 radical (unpaired) electrons. The second-order valence-electron chi connectivity index (χ2n) is 5.92. The Morgan fingerprint density at radius 1 is 1.10 bits per heavy atom. The fraction of sp³-hybridized carbons (Fsp3) is 1.00. The lowest BCUT2D eigenvalue weighted by atomic mass is 9.82. The molecule has 0 aromatic carbocycles. The predicted octanol–water partition coefficient (Wildman–Crippen LogP) is 1.26. The molecule has 1 saturated heterocycles. The van der Waals surface area contributed by atoms with E-state index in [0.717, 1.165) is 45.6 Å². The first kappa shape index (κ1) is 17.9. The van der Waals surface area contributed by atoms with E-state index in [-0.39, 0.29) is 17.7 Å². The number of nitrogens with zero attached hydrogens (tertiary/aromatic N) is 1. The van der Waals surface area contributed by atoms with Crippen LogP contribution in [0, 0.1) is 0 Å². The quantitative estimate of drug-likeness (QED) is 0.647. The predicted molar refractivity (Wildman–Crippen MR) is 81.0 cm³/mol. The van der Waals surface area contributed by atoms with Crippen LogP contribution < -0.4 is 5.73 Å². The molecule has 1 rings (SSSR count). The molecule has 2 N–H and O–H groups in total. The van der Waals surface area contributed by atoms with E-state index >= 15 is 0 Å². The molecule has 0 aliphatic carbocycles. The molecule has 1 heterocycles. The molecular weight excluding hydrogens is 256 g/mol. The van der Waals surface area contributed by atoms with Crippen molar-refractivity contribution in [2.75, 3.05) is 47.1 Å². The average molecular weight is 288 g/mol. The lowest BCUT2D eigenvalue weighted by molar-refractivity contribution is -0.107. The monoisotopic (exact) mass is 288 g/mol. The zero-order valence-corrected chi connectivity index (χ0v) is 13.6. The van der Waals surface area contributed by atoms with Crippen LogP contribution in [-0.2, 0) is 14.2 Å². The van der Waals surface area contributed by atoms with Gasteiger partial charge < -0.3 is 19.9 Å². The van der Waals surface area contributed by atoms with E-state index in [1.807, 2.05) is 0 Å². The minimum Gasteiger partial charge on any atom is -0.385 e. The Morgan fingerprint density at radius 2 is 1.70 bits per heavy atom. The SMILES string of the molecule is COCCCN(CCOC)C1(CN)CC(C)OC(C)C1. The highest BCUT2D eigenvalue weighted by atomic mass is 16.5. The number of hydrogen-bond donors (Lipinski definition) is 1. The van der Waals surface area contributed by atoms with Crippen LogP contribution in [0.5, 0.6) is 0 Å². The van der Waals surface area contributed by atoms with Crippen LogP contribution in [0.1, 0.15) is 33.1 Å². The van der Waals surface area contributed by atoms with Gasteiger partial charge in [0.05, 0.1) is 18.8 Å². The molecule has 2 unspecified atom stereocenters. The molecular formula is C15H32N2O3. The molecule has 2 atom stereocenters. The molecule has 0 spiro atoms. The summed E-state index contributed by atoms with van der Waals surface area (Å²) in [7, 11) is 3.49. The number of methoxy groups -OCH3 is 2. The minimum atomic E-state index is 0.0311. The Labute approximate surface area is 123 Å². The second-order valence-corrected chi connectivity index (χ2v) is 5.92. The average Bonchev–Trinajstić information content (AvgIpc) is 2.41. The highest BCUT2D eigenvalue weighted by Gasteiger charge is 2.41. The Kier molecular flexibility index (Phi) is 7.99. The maximum atomic E-state index is 6.17. The van der Waals surface area contributed by atoms with Crippen molar-refractivity contribution in [3.05, 3.63) is 0 Å². The summed E-state index contributed by atoms with van der Waals surface area (Å²) in [5.41, 5.74) is 6.20. The molecule has 5 heteroatoms. The minimum absolute atomic E-state index is 0.0311. The van der Waals surface area contributed by atoms with Crippen LogP contribution in [0.3, 0.4) is 0 Å². The Hall–Kier alpha value is -0.200. The van der Waals surface area contributed by atoms with Gasteiger partial charge in [-0.1, -0.05) is 0 Å². The van der Waals surface area contributed by atoms with E-state index in [1.54, 1.807) is 14.2 Å². The van der Waals surface area contributed by atoms with Gasteiger partial charge in [0.25, 0.3) is 0 Å². The third kappa shape index (κ3) is 4.97. The van der Waals surface area contributed by atoms with Crippen molar-refractivity contribution >= 4 is 0 Å². The fourth-order valence-corrected chi connectivity index (χ4v) is 3.39. The zero-order chi connectivity index (χ0) is 15.0. The van der Waals surface area contributed by atoms with E-state index in [2.05, 4.69) is 18.7 Å². The van der Waals surface area contributed by atoms with Gasteiger partial charge in [0.1, 0.15) is 0 Å². The van der Waals surface area contributed by atoms with Crippen LogP contribution in [0.4, 0.5) is 0 Å². The smallest absolute Gasteiger partial charge is 0.0589 e. The zero-order valence-electron chi connectivity index (χ0n) is 13.6. The van der Waals surface area contributed by atoms with E-state index in [0.29, 0.717) is 6.54 Å². The lowest BCUT2D eigenvalue weighted by Crippen LogP contribution is -2.60. The van der Waals surface area contributed by atoms with Gasteiger partial charge >= 0.3 is 0 Å². The molecule has 0 saturated carbocycles. The molecule has 0 amide bonds. The normalized spacial score (nSPS) is 30.9. The van der Waals surface area contributed by atoms with Crippen molar-refractivity contribution in [1.29, 1.82) is 0 Å². The molecule has 1 fully saturated rings. The first-order chi connectivity index (χ1) is 9.57. The largest absolute Gasteiger partial charge is 0.385 e. The maximum absolute atomic E-state index is 6.17. The summed E-state index contributed by atoms with van der Waals surface area (Å²) in [4.78, 5) is 2.49. The Balaban J connectivity index is 2.75. The van der Waals surface area contributed by atoms with Gasteiger partial charge in [-0.25, -0.2) is 0 Å². The fourth-order valence-electron chi connectivity index (χ4n) is 3.39. The lowest BCUT2D eigenvalue weighted by Gasteiger charge is -2.49. The standard InChI is InChI=1S/C15H32N2O3/c1-13-10-15(12-16,11-14(2)20-13)17(7-9-19-4)6-5-8-18-3/h13-14H,5-12,16H2,1-4H3. The first-order valence-corrected chi connectivity index (χ1v) is 7.66. The summed E-state index contributed by atoms with van der Waals surface area (Å²) >= 11 is 0. The molecule has 1 aliphatic rings. The first-order valence-electron chi connectivity index (χ1n) is 7.66. The Morgan fingerprint density at radius 3 is 2.20 bits per heavy atom. The van der Waals surface area contributed by atoms with Crippen LogP contribution in [-0.4, -0.2) is 69.7 Å². The second kappa shape index (κ2) is 8.95. The maximum Gasteiger partial charge on any atom is 0.0589 e. The highest BCUT2D eigenvalue weighted by molar-refractivity contribution is 4.97. The topological polar surface area (TPSA) is 57.0 Å². The van der Waals surface area contributed by atoms with Gasteiger partial charge in [-0.2, -0.15) is 0 Å². The molecule has 5 nitrogen and oxygen atoms in total. The number of ether oxygens (including phenoxy) is 3. The Bertz CT molecular complexity index is 254. The number of hydrogen-bond acceptors (Lipinski definition) is 5. The summed E-state index contributed by atoms with van der Waals surface area (Å²) in [6.45, 7) is 8.38. The molecule has 0 bridgehead atoms. The molecule has 1 aliphatic heterocycles. The summed E-state index contributed by atoms with van der Waals surface area (Å²) in [5.74, 6) is 0. The molecule has 0 aromatic heterocycles. The van der Waals surface area contributed by atoms with Crippen LogP contribution in [0.25, 0.3) is 0 Å². The van der Waals surface area contributed by atoms with E-state index in [4.69, 9.17) is 19.9 Å². The van der Waals surface area contributed by atoms with Crippen molar-refractivity contribution < 1.29 is 14.2 Å². The summed E-state index contributed by atoms with van der Waals surface area (Å²) in [5, 5.41) is 0. The number of nitrogens with two attached hydrogens (primary N) is 1. The van der Waals surface area contributed by atoms with Crippen molar-refractivity contribution in [3.63, 3.8) is 0 Å². The third-order valence-electron chi connectivity index (χ3n) is 4.19. The number of rotatable bonds is 9. The summed E-state index contributed by atoms with van der Waals surface area (Å²) in [6.07, 6.45) is 3.52. The van der Waals surface area contributed by atoms with Gasteiger partial charge in [0.15, 0.2) is 0 Å². The van der Waals surface area contributed by atoms with Crippen molar-refractivity contribution in [2.45, 2.75) is 50.9 Å². The van der Waals surface area contributed by atoms with Gasteiger partial charge in [0.2, 0.25) is 0 Å².